The Kier molecular flexibility index (Phi) is 4.68. The van der Waals surface area contributed by atoms with Crippen LogP contribution < -0.4 is 4.57 Å². The molecule has 3 heteroatoms. The summed E-state index contributed by atoms with van der Waals surface area (Å²) >= 11 is 0. The first-order valence-electron chi connectivity index (χ1n) is 13.0. The van der Waals surface area contributed by atoms with Gasteiger partial charge in [-0.3, -0.25) is 0 Å². The Morgan fingerprint density at radius 3 is 2.26 bits per heavy atom. The van der Waals surface area contributed by atoms with Crippen LogP contribution in [0.2, 0.25) is 0 Å². The molecular formula is C35H27N2O+. The van der Waals surface area contributed by atoms with E-state index in [2.05, 4.69) is 111 Å². The first-order chi connectivity index (χ1) is 18.4. The molecule has 7 rings (SSSR count). The first-order valence-corrected chi connectivity index (χ1v) is 13.0. The van der Waals surface area contributed by atoms with Gasteiger partial charge in [0.25, 0.3) is 0 Å². The molecule has 0 radical (unpaired) electrons. The minimum atomic E-state index is -0.148. The zero-order valence-electron chi connectivity index (χ0n) is 22.0. The molecule has 0 fully saturated rings. The average molecular weight is 492 g/mol. The van der Waals surface area contributed by atoms with Crippen molar-refractivity contribution in [3.63, 3.8) is 0 Å². The van der Waals surface area contributed by atoms with Gasteiger partial charge in [0.2, 0.25) is 5.69 Å². The zero-order valence-corrected chi connectivity index (χ0v) is 22.0. The highest BCUT2D eigenvalue weighted by atomic mass is 16.3. The molecule has 0 bridgehead atoms. The van der Waals surface area contributed by atoms with Gasteiger partial charge in [-0.2, -0.15) is 5.26 Å². The van der Waals surface area contributed by atoms with E-state index in [4.69, 9.17) is 4.42 Å². The van der Waals surface area contributed by atoms with Gasteiger partial charge in [0.05, 0.1) is 17.2 Å². The van der Waals surface area contributed by atoms with Gasteiger partial charge < -0.3 is 4.42 Å². The van der Waals surface area contributed by atoms with Gasteiger partial charge >= 0.3 is 0 Å². The maximum atomic E-state index is 9.44. The largest absolute Gasteiger partial charge is 0.454 e. The lowest BCUT2D eigenvalue weighted by Crippen LogP contribution is -2.30. The molecular weight excluding hydrogens is 464 g/mol. The molecule has 1 aliphatic rings. The Morgan fingerprint density at radius 1 is 0.763 bits per heavy atom. The number of nitriles is 1. The van der Waals surface area contributed by atoms with Crippen LogP contribution in [0.5, 0.6) is 0 Å². The molecule has 2 aromatic heterocycles. The fourth-order valence-corrected chi connectivity index (χ4v) is 6.32. The van der Waals surface area contributed by atoms with Crippen molar-refractivity contribution in [2.24, 2.45) is 7.05 Å². The van der Waals surface area contributed by atoms with Crippen LogP contribution in [0.3, 0.4) is 0 Å². The summed E-state index contributed by atoms with van der Waals surface area (Å²) < 4.78 is 9.09. The van der Waals surface area contributed by atoms with Crippen molar-refractivity contribution in [3.8, 4) is 39.6 Å². The summed E-state index contributed by atoms with van der Waals surface area (Å²) in [5.41, 5.74) is 13.0. The second-order valence-corrected chi connectivity index (χ2v) is 10.8. The Hall–Kier alpha value is -4.68. The predicted molar refractivity (Wildman–Crippen MR) is 153 cm³/mol. The summed E-state index contributed by atoms with van der Waals surface area (Å²) in [5, 5.41) is 11.7. The van der Waals surface area contributed by atoms with Crippen LogP contribution in [0.15, 0.2) is 95.5 Å². The molecule has 0 atom stereocenters. The second kappa shape index (κ2) is 7.91. The number of rotatable bonds is 2. The van der Waals surface area contributed by atoms with Crippen LogP contribution in [0, 0.1) is 18.3 Å². The number of aryl methyl sites for hydroxylation is 2. The third-order valence-electron chi connectivity index (χ3n) is 8.30. The summed E-state index contributed by atoms with van der Waals surface area (Å²) in [5.74, 6) is 0. The van der Waals surface area contributed by atoms with Gasteiger partial charge in [0, 0.05) is 33.9 Å². The van der Waals surface area contributed by atoms with Crippen LogP contribution in [0.1, 0.15) is 36.1 Å². The molecule has 182 valence electrons. The number of pyridine rings is 1. The Bertz CT molecular complexity index is 1970. The average Bonchev–Trinajstić information content (AvgIpc) is 3.41. The summed E-state index contributed by atoms with van der Waals surface area (Å²) in [6.07, 6.45) is 2.08. The van der Waals surface area contributed by atoms with E-state index in [0.717, 1.165) is 44.3 Å². The SMILES string of the molecule is Cc1ccc2c(oc3c(-c4ccc(C#N)cc4)c4c(cc32)C(C)(C)c2ccccc2-4)c1-c1cccc[n+]1C. The van der Waals surface area contributed by atoms with E-state index in [1.807, 2.05) is 18.2 Å². The van der Waals surface area contributed by atoms with Crippen molar-refractivity contribution in [2.75, 3.05) is 0 Å². The molecule has 0 aliphatic heterocycles. The number of aromatic nitrogens is 1. The van der Waals surface area contributed by atoms with Gasteiger partial charge in [-0.1, -0.05) is 62.4 Å². The van der Waals surface area contributed by atoms with Crippen molar-refractivity contribution < 1.29 is 8.98 Å². The molecule has 6 aromatic rings. The molecule has 0 spiro atoms. The topological polar surface area (TPSA) is 40.8 Å². The maximum Gasteiger partial charge on any atom is 0.216 e. The van der Waals surface area contributed by atoms with E-state index in [1.54, 1.807) is 0 Å². The van der Waals surface area contributed by atoms with Gasteiger partial charge in [0.15, 0.2) is 6.20 Å². The molecule has 1 aliphatic carbocycles. The molecule has 0 unspecified atom stereocenters. The monoisotopic (exact) mass is 491 g/mol. The van der Waals surface area contributed by atoms with Crippen LogP contribution in [0.4, 0.5) is 0 Å². The lowest BCUT2D eigenvalue weighted by molar-refractivity contribution is -0.660. The predicted octanol–water partition coefficient (Wildman–Crippen LogP) is 8.23. The second-order valence-electron chi connectivity index (χ2n) is 10.8. The Balaban J connectivity index is 1.67. The fraction of sp³-hybridized carbons (Fsp3) is 0.143. The van der Waals surface area contributed by atoms with Crippen LogP contribution >= 0.6 is 0 Å². The summed E-state index contributed by atoms with van der Waals surface area (Å²) in [6, 6.07) is 31.9. The molecule has 3 nitrogen and oxygen atoms in total. The lowest BCUT2D eigenvalue weighted by Gasteiger charge is -2.22. The number of nitrogens with zero attached hydrogens (tertiary/aromatic N) is 2. The Morgan fingerprint density at radius 2 is 1.50 bits per heavy atom. The quantitative estimate of drug-likeness (QED) is 0.229. The third-order valence-corrected chi connectivity index (χ3v) is 8.30. The standard InChI is InChI=1S/C35H27N2O/c1-21-12-17-24-26-19-28-32(25-9-5-6-10-27(25)35(28,2)3)31(23-15-13-22(20-36)14-16-23)34(26)38-33(24)30(21)29-11-7-8-18-37(29)4/h5-19H,1-4H3/q+1. The molecule has 0 amide bonds. The van der Waals surface area contributed by atoms with E-state index in [0.29, 0.717) is 5.56 Å². The van der Waals surface area contributed by atoms with E-state index in [9.17, 15) is 5.26 Å². The fourth-order valence-electron chi connectivity index (χ4n) is 6.32. The Labute approximate surface area is 222 Å². The highest BCUT2D eigenvalue weighted by molar-refractivity contribution is 6.17. The van der Waals surface area contributed by atoms with E-state index < -0.39 is 0 Å². The maximum absolute atomic E-state index is 9.44. The van der Waals surface area contributed by atoms with E-state index in [-0.39, 0.29) is 5.41 Å². The minimum absolute atomic E-state index is 0.148. The van der Waals surface area contributed by atoms with Crippen LogP contribution in [-0.4, -0.2) is 0 Å². The van der Waals surface area contributed by atoms with E-state index in [1.165, 1.54) is 27.8 Å². The lowest BCUT2D eigenvalue weighted by atomic mass is 9.81. The van der Waals surface area contributed by atoms with Crippen molar-refractivity contribution in [1.29, 1.82) is 5.26 Å². The number of hydrogen-bond donors (Lipinski definition) is 0. The van der Waals surface area contributed by atoms with E-state index >= 15 is 0 Å². The smallest absolute Gasteiger partial charge is 0.216 e. The number of fused-ring (bicyclic) bond motifs is 6. The number of hydrogen-bond acceptors (Lipinski definition) is 2. The summed E-state index contributed by atoms with van der Waals surface area (Å²) in [6.45, 7) is 6.78. The van der Waals surface area contributed by atoms with Crippen LogP contribution in [-0.2, 0) is 12.5 Å². The summed E-state index contributed by atoms with van der Waals surface area (Å²) in [4.78, 5) is 0. The number of benzene rings is 4. The summed E-state index contributed by atoms with van der Waals surface area (Å²) in [7, 11) is 2.08. The van der Waals surface area contributed by atoms with Gasteiger partial charge in [0.1, 0.15) is 18.2 Å². The molecule has 2 heterocycles. The molecule has 0 saturated carbocycles. The number of furan rings is 1. The van der Waals surface area contributed by atoms with Crippen molar-refractivity contribution in [2.45, 2.75) is 26.2 Å². The molecule has 0 N–H and O–H groups in total. The van der Waals surface area contributed by atoms with Crippen LogP contribution in [0.25, 0.3) is 55.4 Å². The normalized spacial score (nSPS) is 13.4. The zero-order chi connectivity index (χ0) is 26.2. The highest BCUT2D eigenvalue weighted by Crippen LogP contribution is 2.55. The van der Waals surface area contributed by atoms with Gasteiger partial charge in [-0.15, -0.1) is 0 Å². The minimum Gasteiger partial charge on any atom is -0.454 e. The molecule has 4 aromatic carbocycles. The molecule has 0 saturated heterocycles. The van der Waals surface area contributed by atoms with Gasteiger partial charge in [-0.25, -0.2) is 4.57 Å². The van der Waals surface area contributed by atoms with Crippen molar-refractivity contribution in [3.05, 3.63) is 113 Å². The van der Waals surface area contributed by atoms with Crippen molar-refractivity contribution >= 4 is 21.9 Å². The third kappa shape index (κ3) is 2.98. The first kappa shape index (κ1) is 22.5. The molecule has 38 heavy (non-hydrogen) atoms. The highest BCUT2D eigenvalue weighted by Gasteiger charge is 2.39. The van der Waals surface area contributed by atoms with Gasteiger partial charge in [-0.05, 0) is 64.6 Å². The van der Waals surface area contributed by atoms with Crippen molar-refractivity contribution in [1.82, 2.24) is 0 Å².